The molecular weight excluding hydrogens is 350 g/mol. The minimum Gasteiger partial charge on any atom is -0.366 e. The van der Waals surface area contributed by atoms with Crippen molar-refractivity contribution in [2.24, 2.45) is 0 Å². The molecule has 0 aliphatic heterocycles. The number of H-pyrrole nitrogens is 2. The van der Waals surface area contributed by atoms with E-state index >= 15 is 0 Å². The average molecular weight is 369 g/mol. The van der Waals surface area contributed by atoms with E-state index < -0.39 is 0 Å². The van der Waals surface area contributed by atoms with Crippen LogP contribution in [-0.4, -0.2) is 25.1 Å². The van der Waals surface area contributed by atoms with E-state index in [4.69, 9.17) is 0 Å². The fourth-order valence-electron chi connectivity index (χ4n) is 3.32. The maximum absolute atomic E-state index is 4.63. The number of hydrogen-bond donors (Lipinski definition) is 4. The van der Waals surface area contributed by atoms with E-state index in [0.29, 0.717) is 12.5 Å². The number of aromatic nitrogens is 5. The summed E-state index contributed by atoms with van der Waals surface area (Å²) in [6.45, 7) is 2.64. The van der Waals surface area contributed by atoms with Crippen LogP contribution < -0.4 is 10.6 Å². The third kappa shape index (κ3) is 3.14. The zero-order valence-corrected chi connectivity index (χ0v) is 15.3. The largest absolute Gasteiger partial charge is 0.366 e. The number of hydrogen-bond acceptors (Lipinski definition) is 5. The maximum atomic E-state index is 4.63. The Hall–Kier alpha value is -3.87. The fourth-order valence-corrected chi connectivity index (χ4v) is 3.32. The summed E-state index contributed by atoms with van der Waals surface area (Å²) in [5.74, 6) is 1.35. The van der Waals surface area contributed by atoms with Crippen LogP contribution in [0.2, 0.25) is 0 Å². The van der Waals surface area contributed by atoms with Crippen molar-refractivity contribution in [1.29, 1.82) is 0 Å². The molecule has 0 amide bonds. The predicted octanol–water partition coefficient (Wildman–Crippen LogP) is 4.50. The molecule has 0 atom stereocenters. The molecule has 0 aliphatic rings. The number of fused-ring (bicyclic) bond motifs is 2. The summed E-state index contributed by atoms with van der Waals surface area (Å²) >= 11 is 0. The molecule has 5 rings (SSSR count). The topological polar surface area (TPSA) is 94.3 Å². The molecular formula is C21H19N7. The van der Waals surface area contributed by atoms with Gasteiger partial charge in [-0.15, -0.1) is 0 Å². The van der Waals surface area contributed by atoms with E-state index in [9.17, 15) is 0 Å². The quantitative estimate of drug-likeness (QED) is 0.366. The van der Waals surface area contributed by atoms with Crippen LogP contribution in [0.3, 0.4) is 0 Å². The van der Waals surface area contributed by atoms with Crippen LogP contribution in [0, 0.1) is 6.92 Å². The first-order valence-corrected chi connectivity index (χ1v) is 9.09. The number of benzene rings is 2. The second-order valence-corrected chi connectivity index (χ2v) is 6.73. The SMILES string of the molecule is Cc1cc(NCc2ccc3[nH]ncc3c2)nc(Nc2cccc3[nH]ccc23)n1. The van der Waals surface area contributed by atoms with Gasteiger partial charge in [0.05, 0.1) is 17.4 Å². The summed E-state index contributed by atoms with van der Waals surface area (Å²) in [6, 6.07) is 16.3. The first-order chi connectivity index (χ1) is 13.7. The number of aryl methyl sites for hydroxylation is 1. The molecule has 138 valence electrons. The Bertz CT molecular complexity index is 1270. The van der Waals surface area contributed by atoms with Crippen LogP contribution in [0.5, 0.6) is 0 Å². The number of aromatic amines is 2. The molecule has 3 heterocycles. The lowest BCUT2D eigenvalue weighted by molar-refractivity contribution is 1.06. The van der Waals surface area contributed by atoms with Crippen molar-refractivity contribution < 1.29 is 0 Å². The van der Waals surface area contributed by atoms with Crippen molar-refractivity contribution >= 4 is 39.3 Å². The zero-order chi connectivity index (χ0) is 18.9. The fraction of sp³-hybridized carbons (Fsp3) is 0.0952. The monoisotopic (exact) mass is 369 g/mol. The normalized spacial score (nSPS) is 11.2. The van der Waals surface area contributed by atoms with Gasteiger partial charge in [0.15, 0.2) is 0 Å². The molecule has 0 saturated heterocycles. The van der Waals surface area contributed by atoms with Gasteiger partial charge in [-0.2, -0.15) is 10.1 Å². The molecule has 28 heavy (non-hydrogen) atoms. The highest BCUT2D eigenvalue weighted by Gasteiger charge is 2.07. The van der Waals surface area contributed by atoms with E-state index in [0.717, 1.165) is 44.6 Å². The third-order valence-corrected chi connectivity index (χ3v) is 4.67. The number of anilines is 3. The second kappa shape index (κ2) is 6.70. The second-order valence-electron chi connectivity index (χ2n) is 6.73. The van der Waals surface area contributed by atoms with Crippen molar-refractivity contribution in [3.63, 3.8) is 0 Å². The average Bonchev–Trinajstić information content (AvgIpc) is 3.35. The van der Waals surface area contributed by atoms with Crippen molar-refractivity contribution in [3.05, 3.63) is 72.2 Å². The van der Waals surface area contributed by atoms with Crippen LogP contribution in [0.15, 0.2) is 60.9 Å². The Morgan fingerprint density at radius 1 is 1.00 bits per heavy atom. The van der Waals surface area contributed by atoms with E-state index in [1.807, 2.05) is 55.7 Å². The summed E-state index contributed by atoms with van der Waals surface area (Å²) in [6.07, 6.45) is 3.76. The Labute approximate surface area is 161 Å². The predicted molar refractivity (Wildman–Crippen MR) is 112 cm³/mol. The Morgan fingerprint density at radius 2 is 1.96 bits per heavy atom. The van der Waals surface area contributed by atoms with Crippen LogP contribution in [0.25, 0.3) is 21.8 Å². The van der Waals surface area contributed by atoms with Gasteiger partial charge in [0, 0.05) is 40.8 Å². The van der Waals surface area contributed by atoms with Crippen molar-refractivity contribution in [2.75, 3.05) is 10.6 Å². The smallest absolute Gasteiger partial charge is 0.229 e. The van der Waals surface area contributed by atoms with Gasteiger partial charge in [-0.05, 0) is 42.8 Å². The molecule has 7 heteroatoms. The van der Waals surface area contributed by atoms with Crippen molar-refractivity contribution in [1.82, 2.24) is 25.1 Å². The molecule has 5 aromatic rings. The van der Waals surface area contributed by atoms with E-state index in [-0.39, 0.29) is 0 Å². The lowest BCUT2D eigenvalue weighted by atomic mass is 10.1. The minimum atomic E-state index is 0.571. The summed E-state index contributed by atoms with van der Waals surface area (Å²) in [4.78, 5) is 12.4. The minimum absolute atomic E-state index is 0.571. The molecule has 3 aromatic heterocycles. The summed E-state index contributed by atoms with van der Waals surface area (Å²) < 4.78 is 0. The number of nitrogens with one attached hydrogen (secondary N) is 4. The molecule has 0 aliphatic carbocycles. The molecule has 0 spiro atoms. The van der Waals surface area contributed by atoms with E-state index in [2.05, 4.69) is 47.9 Å². The van der Waals surface area contributed by atoms with Crippen molar-refractivity contribution in [3.8, 4) is 0 Å². The molecule has 0 fully saturated rings. The molecule has 0 radical (unpaired) electrons. The van der Waals surface area contributed by atoms with Gasteiger partial charge in [-0.25, -0.2) is 4.98 Å². The first-order valence-electron chi connectivity index (χ1n) is 9.09. The van der Waals surface area contributed by atoms with Crippen LogP contribution >= 0.6 is 0 Å². The van der Waals surface area contributed by atoms with Gasteiger partial charge in [0.2, 0.25) is 5.95 Å². The Balaban J connectivity index is 1.37. The van der Waals surface area contributed by atoms with E-state index in [1.165, 1.54) is 0 Å². The third-order valence-electron chi connectivity index (χ3n) is 4.67. The first kappa shape index (κ1) is 16.3. The highest BCUT2D eigenvalue weighted by molar-refractivity contribution is 5.93. The maximum Gasteiger partial charge on any atom is 0.229 e. The van der Waals surface area contributed by atoms with Gasteiger partial charge in [0.1, 0.15) is 5.82 Å². The summed E-state index contributed by atoms with van der Waals surface area (Å²) in [5.41, 5.74) is 5.14. The molecule has 2 aromatic carbocycles. The van der Waals surface area contributed by atoms with Crippen LogP contribution in [0.4, 0.5) is 17.5 Å². The summed E-state index contributed by atoms with van der Waals surface area (Å²) in [5, 5.41) is 16.0. The Morgan fingerprint density at radius 3 is 2.93 bits per heavy atom. The molecule has 0 saturated carbocycles. The standard InChI is InChI=1S/C21H19N7/c1-13-9-20(23-11-14-5-6-17-15(10-14)12-24-28-17)27-21(25-13)26-19-4-2-3-18-16(19)7-8-22-18/h2-10,12,22H,11H2,1H3,(H,24,28)(H2,23,25,26,27). The lowest BCUT2D eigenvalue weighted by Gasteiger charge is -2.11. The number of rotatable bonds is 5. The van der Waals surface area contributed by atoms with Gasteiger partial charge in [-0.3, -0.25) is 5.10 Å². The Kier molecular flexibility index (Phi) is 3.90. The van der Waals surface area contributed by atoms with Gasteiger partial charge in [-0.1, -0.05) is 12.1 Å². The van der Waals surface area contributed by atoms with E-state index in [1.54, 1.807) is 0 Å². The molecule has 7 nitrogen and oxygen atoms in total. The summed E-state index contributed by atoms with van der Waals surface area (Å²) in [7, 11) is 0. The lowest BCUT2D eigenvalue weighted by Crippen LogP contribution is -2.05. The highest BCUT2D eigenvalue weighted by Crippen LogP contribution is 2.25. The molecule has 0 unspecified atom stereocenters. The molecule has 0 bridgehead atoms. The van der Waals surface area contributed by atoms with Crippen LogP contribution in [-0.2, 0) is 6.54 Å². The molecule has 4 N–H and O–H groups in total. The number of nitrogens with zero attached hydrogens (tertiary/aromatic N) is 3. The highest BCUT2D eigenvalue weighted by atomic mass is 15.1. The van der Waals surface area contributed by atoms with Gasteiger partial charge < -0.3 is 15.6 Å². The zero-order valence-electron chi connectivity index (χ0n) is 15.3. The van der Waals surface area contributed by atoms with Crippen molar-refractivity contribution in [2.45, 2.75) is 13.5 Å². The van der Waals surface area contributed by atoms with Gasteiger partial charge in [0.25, 0.3) is 0 Å². The van der Waals surface area contributed by atoms with Crippen LogP contribution in [0.1, 0.15) is 11.3 Å². The van der Waals surface area contributed by atoms with Gasteiger partial charge >= 0.3 is 0 Å².